The van der Waals surface area contributed by atoms with Gasteiger partial charge in [-0.15, -0.1) is 0 Å². The Labute approximate surface area is 167 Å². The molecule has 29 heavy (non-hydrogen) atoms. The van der Waals surface area contributed by atoms with Crippen molar-refractivity contribution in [2.75, 3.05) is 6.61 Å². The first kappa shape index (κ1) is 20.2. The van der Waals surface area contributed by atoms with Crippen LogP contribution in [0.3, 0.4) is 0 Å². The van der Waals surface area contributed by atoms with E-state index in [9.17, 15) is 14.4 Å². The van der Waals surface area contributed by atoms with Gasteiger partial charge in [0.1, 0.15) is 12.6 Å². The standard InChI is InChI=1S/C21H22N4O4/c1-3-29-21(28)14(2)23-19(26)13-25-20(27)17-7-5-4-6-16(17)18(24-25)12-15-8-10-22-11-9-15/h4-11,14H,3,12-13H2,1-2H3,(H,23,26). The van der Waals surface area contributed by atoms with Crippen molar-refractivity contribution in [2.45, 2.75) is 32.9 Å². The number of hydrogen-bond acceptors (Lipinski definition) is 6. The van der Waals surface area contributed by atoms with E-state index in [0.717, 1.165) is 15.6 Å². The van der Waals surface area contributed by atoms with Gasteiger partial charge in [0, 0.05) is 24.2 Å². The summed E-state index contributed by atoms with van der Waals surface area (Å²) < 4.78 is 6.01. The first-order valence-corrected chi connectivity index (χ1v) is 9.33. The van der Waals surface area contributed by atoms with Crippen LogP contribution in [0.25, 0.3) is 10.8 Å². The van der Waals surface area contributed by atoms with Crippen molar-refractivity contribution in [2.24, 2.45) is 0 Å². The van der Waals surface area contributed by atoms with Crippen molar-refractivity contribution in [1.82, 2.24) is 20.1 Å². The molecule has 0 spiro atoms. The average Bonchev–Trinajstić information content (AvgIpc) is 2.72. The lowest BCUT2D eigenvalue weighted by molar-refractivity contribution is -0.146. The highest BCUT2D eigenvalue weighted by molar-refractivity contribution is 5.85. The van der Waals surface area contributed by atoms with Gasteiger partial charge >= 0.3 is 5.97 Å². The van der Waals surface area contributed by atoms with Gasteiger partial charge in [-0.1, -0.05) is 18.2 Å². The lowest BCUT2D eigenvalue weighted by Gasteiger charge is -2.14. The monoisotopic (exact) mass is 394 g/mol. The minimum Gasteiger partial charge on any atom is -0.464 e. The van der Waals surface area contributed by atoms with E-state index < -0.39 is 17.9 Å². The Bertz CT molecular complexity index is 1080. The number of aromatic nitrogens is 3. The fourth-order valence-corrected chi connectivity index (χ4v) is 2.99. The second-order valence-corrected chi connectivity index (χ2v) is 6.53. The van der Waals surface area contributed by atoms with Crippen molar-refractivity contribution in [3.63, 3.8) is 0 Å². The molecule has 0 aliphatic carbocycles. The number of carbonyl (C=O) groups is 2. The molecule has 0 radical (unpaired) electrons. The van der Waals surface area contributed by atoms with E-state index in [1.807, 2.05) is 24.3 Å². The van der Waals surface area contributed by atoms with Gasteiger partial charge in [0.2, 0.25) is 5.91 Å². The number of rotatable bonds is 7. The molecule has 1 N–H and O–H groups in total. The van der Waals surface area contributed by atoms with Crippen LogP contribution in [0.1, 0.15) is 25.1 Å². The van der Waals surface area contributed by atoms with Crippen LogP contribution >= 0.6 is 0 Å². The third-order valence-corrected chi connectivity index (χ3v) is 4.38. The molecule has 2 aromatic heterocycles. The number of benzene rings is 1. The molecule has 2 heterocycles. The molecule has 1 amide bonds. The van der Waals surface area contributed by atoms with Gasteiger partial charge in [-0.2, -0.15) is 5.10 Å². The van der Waals surface area contributed by atoms with Crippen LogP contribution in [0.4, 0.5) is 0 Å². The highest BCUT2D eigenvalue weighted by atomic mass is 16.5. The number of nitrogens with zero attached hydrogens (tertiary/aromatic N) is 3. The third-order valence-electron chi connectivity index (χ3n) is 4.38. The molecule has 150 valence electrons. The lowest BCUT2D eigenvalue weighted by atomic mass is 10.1. The number of amides is 1. The third kappa shape index (κ3) is 4.84. The summed E-state index contributed by atoms with van der Waals surface area (Å²) in [5, 5.41) is 8.19. The number of pyridine rings is 1. The maximum atomic E-state index is 12.8. The Hall–Kier alpha value is -3.55. The zero-order chi connectivity index (χ0) is 20.8. The summed E-state index contributed by atoms with van der Waals surface area (Å²) in [6.07, 6.45) is 3.87. The Balaban J connectivity index is 1.90. The number of ether oxygens (including phenoxy) is 1. The largest absolute Gasteiger partial charge is 0.464 e. The van der Waals surface area contributed by atoms with E-state index in [4.69, 9.17) is 4.74 Å². The van der Waals surface area contributed by atoms with Crippen LogP contribution in [0, 0.1) is 0 Å². The first-order chi connectivity index (χ1) is 14.0. The molecule has 1 aromatic carbocycles. The molecule has 0 saturated carbocycles. The van der Waals surface area contributed by atoms with Gasteiger partial charge in [-0.25, -0.2) is 9.48 Å². The zero-order valence-electron chi connectivity index (χ0n) is 16.3. The van der Waals surface area contributed by atoms with Crippen LogP contribution in [0.5, 0.6) is 0 Å². The van der Waals surface area contributed by atoms with Gasteiger partial charge < -0.3 is 10.1 Å². The second kappa shape index (κ2) is 9.09. The lowest BCUT2D eigenvalue weighted by Crippen LogP contribution is -2.42. The van der Waals surface area contributed by atoms with Crippen molar-refractivity contribution >= 4 is 22.6 Å². The molecule has 1 atom stereocenters. The molecule has 3 rings (SSSR count). The summed E-state index contributed by atoms with van der Waals surface area (Å²) in [6.45, 7) is 3.15. The summed E-state index contributed by atoms with van der Waals surface area (Å²) >= 11 is 0. The van der Waals surface area contributed by atoms with Crippen molar-refractivity contribution < 1.29 is 14.3 Å². The van der Waals surface area contributed by atoms with Crippen LogP contribution in [0.15, 0.2) is 53.6 Å². The van der Waals surface area contributed by atoms with E-state index in [1.165, 1.54) is 6.92 Å². The zero-order valence-corrected chi connectivity index (χ0v) is 16.3. The summed E-state index contributed by atoms with van der Waals surface area (Å²) in [4.78, 5) is 40.9. The molecule has 0 fully saturated rings. The summed E-state index contributed by atoms with van der Waals surface area (Å²) in [7, 11) is 0. The van der Waals surface area contributed by atoms with E-state index >= 15 is 0 Å². The molecular weight excluding hydrogens is 372 g/mol. The highest BCUT2D eigenvalue weighted by Gasteiger charge is 2.18. The molecule has 0 aliphatic heterocycles. The van der Waals surface area contributed by atoms with E-state index in [-0.39, 0.29) is 18.7 Å². The SMILES string of the molecule is CCOC(=O)C(C)NC(=O)Cn1nc(Cc2ccncc2)c2ccccc2c1=O. The quantitative estimate of drug-likeness (QED) is 0.609. The molecule has 8 nitrogen and oxygen atoms in total. The second-order valence-electron chi connectivity index (χ2n) is 6.53. The molecule has 0 saturated heterocycles. The Morgan fingerprint density at radius 1 is 1.14 bits per heavy atom. The minimum atomic E-state index is -0.810. The van der Waals surface area contributed by atoms with Crippen molar-refractivity contribution in [1.29, 1.82) is 0 Å². The summed E-state index contributed by atoms with van der Waals surface area (Å²) in [5.41, 5.74) is 1.30. The number of esters is 1. The molecule has 0 bridgehead atoms. The number of carbonyl (C=O) groups excluding carboxylic acids is 2. The Morgan fingerprint density at radius 2 is 1.83 bits per heavy atom. The van der Waals surface area contributed by atoms with Gasteiger partial charge in [0.25, 0.3) is 5.56 Å². The topological polar surface area (TPSA) is 103 Å². The predicted molar refractivity (Wildman–Crippen MR) is 107 cm³/mol. The Morgan fingerprint density at radius 3 is 2.52 bits per heavy atom. The minimum absolute atomic E-state index is 0.225. The highest BCUT2D eigenvalue weighted by Crippen LogP contribution is 2.16. The van der Waals surface area contributed by atoms with Gasteiger partial charge in [0.15, 0.2) is 0 Å². The molecule has 3 aromatic rings. The molecule has 8 heteroatoms. The average molecular weight is 394 g/mol. The number of nitrogens with one attached hydrogen (secondary N) is 1. The van der Waals surface area contributed by atoms with Crippen molar-refractivity contribution in [3.8, 4) is 0 Å². The fraction of sp³-hybridized carbons (Fsp3) is 0.286. The molecule has 1 unspecified atom stereocenters. The van der Waals surface area contributed by atoms with Crippen molar-refractivity contribution in [3.05, 3.63) is 70.4 Å². The van der Waals surface area contributed by atoms with Crippen LogP contribution in [-0.4, -0.2) is 39.3 Å². The fourth-order valence-electron chi connectivity index (χ4n) is 2.99. The van der Waals surface area contributed by atoms with Crippen LogP contribution in [0.2, 0.25) is 0 Å². The smallest absolute Gasteiger partial charge is 0.328 e. The van der Waals surface area contributed by atoms with Crippen LogP contribution in [-0.2, 0) is 27.3 Å². The Kier molecular flexibility index (Phi) is 6.33. The predicted octanol–water partition coefficient (Wildman–Crippen LogP) is 1.45. The molecule has 0 aliphatic rings. The van der Waals surface area contributed by atoms with E-state index in [0.29, 0.717) is 17.5 Å². The summed E-state index contributed by atoms with van der Waals surface area (Å²) in [6, 6.07) is 10.1. The maximum Gasteiger partial charge on any atom is 0.328 e. The number of fused-ring (bicyclic) bond motifs is 1. The van der Waals surface area contributed by atoms with Crippen LogP contribution < -0.4 is 10.9 Å². The first-order valence-electron chi connectivity index (χ1n) is 9.33. The van der Waals surface area contributed by atoms with Gasteiger partial charge in [-0.3, -0.25) is 14.6 Å². The molecular formula is C21H22N4O4. The van der Waals surface area contributed by atoms with Gasteiger partial charge in [-0.05, 0) is 37.6 Å². The van der Waals surface area contributed by atoms with E-state index in [2.05, 4.69) is 15.4 Å². The number of hydrogen-bond donors (Lipinski definition) is 1. The normalized spacial score (nSPS) is 11.8. The maximum absolute atomic E-state index is 12.8. The van der Waals surface area contributed by atoms with Gasteiger partial charge in [0.05, 0.1) is 17.7 Å². The van der Waals surface area contributed by atoms with E-state index in [1.54, 1.807) is 31.5 Å². The summed E-state index contributed by atoms with van der Waals surface area (Å²) in [5.74, 6) is -1.02.